The monoisotopic (exact) mass is 304 g/mol. The molecule has 3 heteroatoms. The van der Waals surface area contributed by atoms with E-state index in [1.165, 1.54) is 35.2 Å². The number of aryl methyl sites for hydroxylation is 2. The van der Waals surface area contributed by atoms with Crippen LogP contribution in [0.1, 0.15) is 57.2 Å². The smallest absolute Gasteiger partial charge is 0.171 e. The summed E-state index contributed by atoms with van der Waals surface area (Å²) in [6.45, 7) is 8.99. The van der Waals surface area contributed by atoms with Crippen molar-refractivity contribution in [2.45, 2.75) is 65.8 Å². The highest BCUT2D eigenvalue weighted by molar-refractivity contribution is 7.80. The van der Waals surface area contributed by atoms with Gasteiger partial charge in [-0.05, 0) is 66.9 Å². The van der Waals surface area contributed by atoms with E-state index in [1.54, 1.807) is 0 Å². The van der Waals surface area contributed by atoms with E-state index in [2.05, 4.69) is 50.5 Å². The van der Waals surface area contributed by atoms with Crippen molar-refractivity contribution in [2.75, 3.05) is 5.32 Å². The van der Waals surface area contributed by atoms with E-state index in [9.17, 15) is 0 Å². The average molecular weight is 305 g/mol. The average Bonchev–Trinajstić information content (AvgIpc) is 3.23. The van der Waals surface area contributed by atoms with Gasteiger partial charge in [0.1, 0.15) is 0 Å². The standard InChI is InChI=1S/C18H28N2S/c1-5-14-10-13(9-12(3)4)11-15(6-2)17(14)20-18(21)19-16-7-8-16/h10-12,16H,5-9H2,1-4H3,(H2,19,20,21). The van der Waals surface area contributed by atoms with Crippen LogP contribution >= 0.6 is 12.2 Å². The quantitative estimate of drug-likeness (QED) is 0.759. The Balaban J connectivity index is 2.22. The molecule has 21 heavy (non-hydrogen) atoms. The molecular weight excluding hydrogens is 276 g/mol. The van der Waals surface area contributed by atoms with E-state index in [1.807, 2.05) is 0 Å². The summed E-state index contributed by atoms with van der Waals surface area (Å²) in [6, 6.07) is 5.29. The molecule has 0 heterocycles. The van der Waals surface area contributed by atoms with Gasteiger partial charge in [-0.25, -0.2) is 0 Å². The maximum absolute atomic E-state index is 5.45. The molecule has 0 aromatic heterocycles. The van der Waals surface area contributed by atoms with Crippen LogP contribution < -0.4 is 10.6 Å². The number of anilines is 1. The lowest BCUT2D eigenvalue weighted by Crippen LogP contribution is -2.31. The molecule has 1 fully saturated rings. The number of thiocarbonyl (C=S) groups is 1. The highest BCUT2D eigenvalue weighted by Gasteiger charge is 2.22. The zero-order valence-corrected chi connectivity index (χ0v) is 14.6. The highest BCUT2D eigenvalue weighted by atomic mass is 32.1. The Bertz CT molecular complexity index is 479. The fraction of sp³-hybridized carbons (Fsp3) is 0.611. The number of benzene rings is 1. The van der Waals surface area contributed by atoms with Gasteiger partial charge < -0.3 is 10.6 Å². The molecule has 0 saturated heterocycles. The summed E-state index contributed by atoms with van der Waals surface area (Å²) < 4.78 is 0. The molecule has 0 radical (unpaired) electrons. The summed E-state index contributed by atoms with van der Waals surface area (Å²) in [5.41, 5.74) is 5.44. The third-order valence-corrected chi connectivity index (χ3v) is 4.14. The first-order valence-corrected chi connectivity index (χ1v) is 8.66. The van der Waals surface area contributed by atoms with Crippen LogP contribution in [0.3, 0.4) is 0 Å². The number of nitrogens with one attached hydrogen (secondary N) is 2. The number of rotatable bonds is 6. The van der Waals surface area contributed by atoms with E-state index in [0.717, 1.165) is 24.4 Å². The topological polar surface area (TPSA) is 24.1 Å². The molecule has 0 aliphatic heterocycles. The molecule has 1 aliphatic carbocycles. The Morgan fingerprint density at radius 1 is 1.19 bits per heavy atom. The fourth-order valence-corrected chi connectivity index (χ4v) is 2.98. The third-order valence-electron chi connectivity index (χ3n) is 3.92. The van der Waals surface area contributed by atoms with E-state index in [-0.39, 0.29) is 0 Å². The maximum atomic E-state index is 5.45. The minimum absolute atomic E-state index is 0.598. The van der Waals surface area contributed by atoms with Crippen LogP contribution in [0.2, 0.25) is 0 Å². The highest BCUT2D eigenvalue weighted by Crippen LogP contribution is 2.27. The van der Waals surface area contributed by atoms with E-state index < -0.39 is 0 Å². The van der Waals surface area contributed by atoms with Gasteiger partial charge in [0.05, 0.1) is 0 Å². The van der Waals surface area contributed by atoms with E-state index >= 15 is 0 Å². The first-order chi connectivity index (χ1) is 10.0. The molecule has 0 atom stereocenters. The lowest BCUT2D eigenvalue weighted by molar-refractivity contribution is 0.646. The van der Waals surface area contributed by atoms with Crippen LogP contribution in [0.5, 0.6) is 0 Å². The molecule has 1 saturated carbocycles. The van der Waals surface area contributed by atoms with Gasteiger partial charge >= 0.3 is 0 Å². The van der Waals surface area contributed by atoms with Gasteiger partial charge in [0.15, 0.2) is 5.11 Å². The van der Waals surface area contributed by atoms with Crippen molar-refractivity contribution in [1.82, 2.24) is 5.32 Å². The molecule has 2 nitrogen and oxygen atoms in total. The summed E-state index contributed by atoms with van der Waals surface area (Å²) in [5.74, 6) is 0.691. The van der Waals surface area contributed by atoms with Gasteiger partial charge in [0.25, 0.3) is 0 Å². The Morgan fingerprint density at radius 3 is 2.19 bits per heavy atom. The Hall–Kier alpha value is -1.09. The first kappa shape index (κ1) is 16.3. The summed E-state index contributed by atoms with van der Waals surface area (Å²) in [7, 11) is 0. The summed E-state index contributed by atoms with van der Waals surface area (Å²) in [5, 5.41) is 7.60. The molecule has 2 rings (SSSR count). The fourth-order valence-electron chi connectivity index (χ4n) is 2.71. The number of hydrogen-bond acceptors (Lipinski definition) is 1. The van der Waals surface area contributed by atoms with Gasteiger partial charge in [-0.3, -0.25) is 0 Å². The van der Waals surface area contributed by atoms with Crippen LogP contribution in [0.15, 0.2) is 12.1 Å². The largest absolute Gasteiger partial charge is 0.360 e. The van der Waals surface area contributed by atoms with Crippen molar-refractivity contribution >= 4 is 23.0 Å². The normalized spacial score (nSPS) is 14.3. The van der Waals surface area contributed by atoms with Crippen molar-refractivity contribution in [3.8, 4) is 0 Å². The van der Waals surface area contributed by atoms with Gasteiger partial charge in [-0.15, -0.1) is 0 Å². The first-order valence-electron chi connectivity index (χ1n) is 8.25. The van der Waals surface area contributed by atoms with Crippen molar-refractivity contribution in [3.63, 3.8) is 0 Å². The van der Waals surface area contributed by atoms with Gasteiger partial charge in [-0.1, -0.05) is 39.8 Å². The molecule has 1 aromatic carbocycles. The van der Waals surface area contributed by atoms with Crippen LogP contribution in [0, 0.1) is 5.92 Å². The van der Waals surface area contributed by atoms with Crippen molar-refractivity contribution in [1.29, 1.82) is 0 Å². The molecule has 0 unspecified atom stereocenters. The Kier molecular flexibility index (Phi) is 5.63. The van der Waals surface area contributed by atoms with Gasteiger partial charge in [-0.2, -0.15) is 0 Å². The predicted molar refractivity (Wildman–Crippen MR) is 96.1 cm³/mol. The summed E-state index contributed by atoms with van der Waals surface area (Å²) in [4.78, 5) is 0. The van der Waals surface area contributed by atoms with Crippen LogP contribution in [0.25, 0.3) is 0 Å². The Morgan fingerprint density at radius 2 is 1.76 bits per heavy atom. The molecule has 0 spiro atoms. The minimum Gasteiger partial charge on any atom is -0.360 e. The van der Waals surface area contributed by atoms with Gasteiger partial charge in [0.2, 0.25) is 0 Å². The molecular formula is C18H28N2S. The zero-order valence-electron chi connectivity index (χ0n) is 13.8. The second-order valence-corrected chi connectivity index (χ2v) is 6.88. The molecule has 116 valence electrons. The third kappa shape index (κ3) is 4.70. The molecule has 1 aromatic rings. The lowest BCUT2D eigenvalue weighted by atomic mass is 9.94. The molecule has 1 aliphatic rings. The lowest BCUT2D eigenvalue weighted by Gasteiger charge is -2.19. The second-order valence-electron chi connectivity index (χ2n) is 6.47. The number of hydrogen-bond donors (Lipinski definition) is 2. The predicted octanol–water partition coefficient (Wildman–Crippen LogP) is 4.46. The van der Waals surface area contributed by atoms with Crippen molar-refractivity contribution < 1.29 is 0 Å². The van der Waals surface area contributed by atoms with Gasteiger partial charge in [0, 0.05) is 11.7 Å². The van der Waals surface area contributed by atoms with E-state index in [4.69, 9.17) is 12.2 Å². The summed E-state index contributed by atoms with van der Waals surface area (Å²) >= 11 is 5.45. The minimum atomic E-state index is 0.598. The zero-order chi connectivity index (χ0) is 15.4. The molecule has 2 N–H and O–H groups in total. The van der Waals surface area contributed by atoms with Crippen molar-refractivity contribution in [2.24, 2.45) is 5.92 Å². The van der Waals surface area contributed by atoms with Crippen molar-refractivity contribution in [3.05, 3.63) is 28.8 Å². The second kappa shape index (κ2) is 7.26. The Labute approximate surface area is 134 Å². The van der Waals surface area contributed by atoms with Crippen LogP contribution in [0.4, 0.5) is 5.69 Å². The molecule has 0 bridgehead atoms. The molecule has 0 amide bonds. The maximum Gasteiger partial charge on any atom is 0.171 e. The van der Waals surface area contributed by atoms with Crippen LogP contribution in [-0.4, -0.2) is 11.2 Å². The summed E-state index contributed by atoms with van der Waals surface area (Å²) in [6.07, 6.45) is 5.71. The SMILES string of the molecule is CCc1cc(CC(C)C)cc(CC)c1NC(=S)NC1CC1. The van der Waals surface area contributed by atoms with E-state index in [0.29, 0.717) is 12.0 Å². The van der Waals surface area contributed by atoms with Crippen LogP contribution in [-0.2, 0) is 19.3 Å².